The van der Waals surface area contributed by atoms with E-state index in [1.54, 1.807) is 29.7 Å². The van der Waals surface area contributed by atoms with Gasteiger partial charge in [-0.25, -0.2) is 18.6 Å². The van der Waals surface area contributed by atoms with Crippen LogP contribution < -0.4 is 15.5 Å². The number of hydrogen-bond donors (Lipinski definition) is 4. The van der Waals surface area contributed by atoms with Gasteiger partial charge in [0.1, 0.15) is 0 Å². The second-order valence-corrected chi connectivity index (χ2v) is 15.7. The van der Waals surface area contributed by atoms with Crippen LogP contribution in [0, 0.1) is 6.92 Å². The van der Waals surface area contributed by atoms with E-state index in [2.05, 4.69) is 63.4 Å². The molecule has 4 N–H and O–H groups in total. The predicted molar refractivity (Wildman–Crippen MR) is 188 cm³/mol. The topological polar surface area (TPSA) is 125 Å². The minimum absolute atomic E-state index is 0.00213. The molecule has 47 heavy (non-hydrogen) atoms. The summed E-state index contributed by atoms with van der Waals surface area (Å²) in [6, 6.07) is 17.8. The number of carbonyl (C=O) groups excluding carboxylic acids is 2. The Hall–Kier alpha value is -3.95. The third-order valence-corrected chi connectivity index (χ3v) is 10.8. The maximum absolute atomic E-state index is 13.0. The summed E-state index contributed by atoms with van der Waals surface area (Å²) in [5.41, 5.74) is 9.58. The third-order valence-electron chi connectivity index (χ3n) is 9.44. The van der Waals surface area contributed by atoms with Crippen LogP contribution in [0.15, 0.2) is 72.1 Å². The molecular formula is C38H49N3O5S. The highest BCUT2D eigenvalue weighted by molar-refractivity contribution is 7.90. The van der Waals surface area contributed by atoms with E-state index in [0.29, 0.717) is 6.42 Å². The van der Waals surface area contributed by atoms with Crippen molar-refractivity contribution in [3.63, 3.8) is 0 Å². The molecule has 3 aromatic carbocycles. The number of sulfonamides is 1. The number of benzene rings is 3. The van der Waals surface area contributed by atoms with Crippen LogP contribution in [0.2, 0.25) is 0 Å². The second-order valence-electron chi connectivity index (χ2n) is 14.0. The number of fused-ring (bicyclic) bond motifs is 1. The summed E-state index contributed by atoms with van der Waals surface area (Å²) in [4.78, 5) is 24.0. The lowest BCUT2D eigenvalue weighted by molar-refractivity contribution is -0.129. The van der Waals surface area contributed by atoms with Crippen molar-refractivity contribution < 1.29 is 23.2 Å². The Labute approximate surface area is 280 Å². The summed E-state index contributed by atoms with van der Waals surface area (Å²) in [6.07, 6.45) is 7.14. The van der Waals surface area contributed by atoms with Crippen molar-refractivity contribution in [3.8, 4) is 0 Å². The zero-order chi connectivity index (χ0) is 34.4. The number of aryl methyl sites for hydroxylation is 1. The second kappa shape index (κ2) is 14.9. The maximum atomic E-state index is 13.0. The Kier molecular flexibility index (Phi) is 11.4. The van der Waals surface area contributed by atoms with Crippen molar-refractivity contribution in [1.29, 1.82) is 0 Å². The number of unbranched alkanes of at least 4 members (excludes halogenated alkanes) is 4. The normalized spacial score (nSPS) is 14.9. The van der Waals surface area contributed by atoms with Crippen molar-refractivity contribution in [1.82, 2.24) is 10.2 Å². The largest absolute Gasteiger partial charge is 0.385 e. The summed E-state index contributed by atoms with van der Waals surface area (Å²) in [5.74, 6) is -1.06. The molecule has 0 saturated heterocycles. The van der Waals surface area contributed by atoms with E-state index in [9.17, 15) is 18.0 Å². The first-order chi connectivity index (χ1) is 22.1. The first-order valence-electron chi connectivity index (χ1n) is 16.4. The van der Waals surface area contributed by atoms with E-state index < -0.39 is 15.9 Å². The molecule has 0 aromatic heterocycles. The minimum Gasteiger partial charge on any atom is -0.385 e. The predicted octanol–water partition coefficient (Wildman–Crippen LogP) is 7.78. The first-order valence-corrected chi connectivity index (χ1v) is 17.9. The summed E-state index contributed by atoms with van der Waals surface area (Å²) in [6.45, 7) is 16.5. The number of rotatable bonds is 14. The van der Waals surface area contributed by atoms with Gasteiger partial charge in [0.2, 0.25) is 5.91 Å². The molecule has 4 rings (SSSR count). The molecule has 0 saturated carbocycles. The molecule has 0 radical (unpaired) electrons. The highest BCUT2D eigenvalue weighted by Crippen LogP contribution is 2.47. The third kappa shape index (κ3) is 8.90. The molecular weight excluding hydrogens is 611 g/mol. The highest BCUT2D eigenvalue weighted by atomic mass is 32.2. The van der Waals surface area contributed by atoms with Gasteiger partial charge in [-0.15, -0.1) is 0 Å². The standard InChI is InChI=1S/C38H49N3O5S/c1-26-24-33-34(38(5,6)22-21-37(33,3)4)25-32(26)27(2)28-13-15-29(16-14-28)36(43)41-47(45,46)31-19-17-30(18-20-31)39-23-11-9-7-8-10-12-35(42)40-44/h13-20,24-25,39,44H,2,7-12,21-23H2,1,3-6H3,(H,40,42)(H,41,43). The van der Waals surface area contributed by atoms with Gasteiger partial charge in [0.05, 0.1) is 4.90 Å². The molecule has 0 bridgehead atoms. The fourth-order valence-corrected chi connectivity index (χ4v) is 7.22. The minimum atomic E-state index is -4.06. The van der Waals surface area contributed by atoms with Gasteiger partial charge >= 0.3 is 0 Å². The average molecular weight is 660 g/mol. The number of hydroxylamine groups is 1. The number of amides is 2. The summed E-state index contributed by atoms with van der Waals surface area (Å²) in [5, 5.41) is 11.8. The molecule has 0 fully saturated rings. The zero-order valence-corrected chi connectivity index (χ0v) is 29.1. The lowest BCUT2D eigenvalue weighted by Gasteiger charge is -2.42. The van der Waals surface area contributed by atoms with Gasteiger partial charge in [-0.1, -0.05) is 77.8 Å². The monoisotopic (exact) mass is 659 g/mol. The molecule has 0 heterocycles. The molecule has 3 aromatic rings. The highest BCUT2D eigenvalue weighted by Gasteiger charge is 2.37. The molecule has 0 spiro atoms. The molecule has 1 aliphatic rings. The van der Waals surface area contributed by atoms with Crippen molar-refractivity contribution in [2.45, 2.75) is 102 Å². The molecule has 0 unspecified atom stereocenters. The number of anilines is 1. The van der Waals surface area contributed by atoms with Crippen LogP contribution in [-0.4, -0.2) is 32.0 Å². The van der Waals surface area contributed by atoms with Gasteiger partial charge in [-0.3, -0.25) is 14.8 Å². The van der Waals surface area contributed by atoms with Crippen molar-refractivity contribution >= 4 is 33.1 Å². The first kappa shape index (κ1) is 35.9. The molecule has 0 aliphatic heterocycles. The van der Waals surface area contributed by atoms with E-state index in [0.717, 1.165) is 79.4 Å². The van der Waals surface area contributed by atoms with Gasteiger partial charge < -0.3 is 5.32 Å². The van der Waals surface area contributed by atoms with Crippen molar-refractivity contribution in [2.75, 3.05) is 11.9 Å². The Balaban J connectivity index is 1.33. The van der Waals surface area contributed by atoms with Crippen LogP contribution in [0.5, 0.6) is 0 Å². The zero-order valence-electron chi connectivity index (χ0n) is 28.3. The molecule has 252 valence electrons. The fraction of sp³-hybridized carbons (Fsp3) is 0.421. The molecule has 9 heteroatoms. The van der Waals surface area contributed by atoms with Gasteiger partial charge in [0.25, 0.3) is 15.9 Å². The van der Waals surface area contributed by atoms with E-state index in [-0.39, 0.29) is 27.2 Å². The van der Waals surface area contributed by atoms with Crippen LogP contribution in [0.1, 0.15) is 117 Å². The van der Waals surface area contributed by atoms with Crippen LogP contribution in [0.3, 0.4) is 0 Å². The Morgan fingerprint density at radius 2 is 1.36 bits per heavy atom. The molecule has 2 amide bonds. The lowest BCUT2D eigenvalue weighted by atomic mass is 9.62. The average Bonchev–Trinajstić information content (AvgIpc) is 3.04. The Morgan fingerprint density at radius 1 is 0.809 bits per heavy atom. The van der Waals surface area contributed by atoms with Crippen LogP contribution in [0.25, 0.3) is 5.57 Å². The summed E-state index contributed by atoms with van der Waals surface area (Å²) in [7, 11) is -4.06. The quantitative estimate of drug-likeness (QED) is 0.0796. The van der Waals surface area contributed by atoms with Gasteiger partial charge in [0.15, 0.2) is 0 Å². The van der Waals surface area contributed by atoms with Crippen LogP contribution >= 0.6 is 0 Å². The Morgan fingerprint density at radius 3 is 1.98 bits per heavy atom. The number of nitrogens with one attached hydrogen (secondary N) is 3. The molecule has 0 atom stereocenters. The van der Waals surface area contributed by atoms with Gasteiger partial charge in [-0.05, 0) is 113 Å². The van der Waals surface area contributed by atoms with E-state index >= 15 is 0 Å². The Bertz CT molecular complexity index is 1710. The van der Waals surface area contributed by atoms with Gasteiger partial charge in [-0.2, -0.15) is 0 Å². The molecule has 8 nitrogen and oxygen atoms in total. The lowest BCUT2D eigenvalue weighted by Crippen LogP contribution is -2.34. The van der Waals surface area contributed by atoms with Crippen molar-refractivity contribution in [2.24, 2.45) is 0 Å². The maximum Gasteiger partial charge on any atom is 0.264 e. The summed E-state index contributed by atoms with van der Waals surface area (Å²) < 4.78 is 28.2. The number of carbonyl (C=O) groups is 2. The summed E-state index contributed by atoms with van der Waals surface area (Å²) >= 11 is 0. The SMILES string of the molecule is C=C(c1ccc(C(=O)NS(=O)(=O)c2ccc(NCCCCCCCC(=O)NO)cc2)cc1)c1cc2c(cc1C)C(C)(C)CCC2(C)C. The van der Waals surface area contributed by atoms with Gasteiger partial charge in [0, 0.05) is 24.2 Å². The number of hydrogen-bond acceptors (Lipinski definition) is 6. The van der Waals surface area contributed by atoms with E-state index in [4.69, 9.17) is 5.21 Å². The fourth-order valence-electron chi connectivity index (χ4n) is 6.25. The van der Waals surface area contributed by atoms with Crippen molar-refractivity contribution in [3.05, 3.63) is 101 Å². The smallest absolute Gasteiger partial charge is 0.264 e. The van der Waals surface area contributed by atoms with Crippen LogP contribution in [-0.2, 0) is 25.6 Å². The van der Waals surface area contributed by atoms with E-state index in [1.165, 1.54) is 23.3 Å². The molecule has 1 aliphatic carbocycles. The van der Waals surface area contributed by atoms with E-state index in [1.807, 2.05) is 12.1 Å². The van der Waals surface area contributed by atoms with Crippen LogP contribution in [0.4, 0.5) is 5.69 Å².